The van der Waals surface area contributed by atoms with Gasteiger partial charge in [-0.25, -0.2) is 4.68 Å². The zero-order valence-electron chi connectivity index (χ0n) is 14.3. The first kappa shape index (κ1) is 17.0. The van der Waals surface area contributed by atoms with E-state index < -0.39 is 0 Å². The van der Waals surface area contributed by atoms with E-state index in [4.69, 9.17) is 14.7 Å². The molecule has 1 amide bonds. The number of nitriles is 1. The van der Waals surface area contributed by atoms with Crippen molar-refractivity contribution in [3.8, 4) is 23.3 Å². The van der Waals surface area contributed by atoms with Crippen molar-refractivity contribution in [1.82, 2.24) is 9.78 Å². The summed E-state index contributed by atoms with van der Waals surface area (Å²) >= 11 is 0. The number of ether oxygens (including phenoxy) is 2. The first-order valence-corrected chi connectivity index (χ1v) is 7.73. The van der Waals surface area contributed by atoms with Crippen LogP contribution in [0.25, 0.3) is 5.69 Å². The molecule has 26 heavy (non-hydrogen) atoms. The van der Waals surface area contributed by atoms with E-state index in [9.17, 15) is 4.79 Å². The van der Waals surface area contributed by atoms with Crippen LogP contribution in [0.1, 0.15) is 15.9 Å². The number of benzene rings is 2. The van der Waals surface area contributed by atoms with Gasteiger partial charge in [-0.05, 0) is 36.4 Å². The Kier molecular flexibility index (Phi) is 4.85. The van der Waals surface area contributed by atoms with Crippen molar-refractivity contribution in [2.24, 2.45) is 0 Å². The van der Waals surface area contributed by atoms with E-state index in [1.54, 1.807) is 59.4 Å². The van der Waals surface area contributed by atoms with E-state index in [-0.39, 0.29) is 5.91 Å². The molecule has 1 aromatic heterocycles. The molecule has 1 N–H and O–H groups in total. The lowest BCUT2D eigenvalue weighted by molar-refractivity contribution is 0.102. The molecule has 0 saturated heterocycles. The van der Waals surface area contributed by atoms with Gasteiger partial charge < -0.3 is 14.8 Å². The maximum absolute atomic E-state index is 12.5. The number of hydrogen-bond donors (Lipinski definition) is 1. The number of nitrogens with one attached hydrogen (secondary N) is 1. The van der Waals surface area contributed by atoms with Crippen LogP contribution in [-0.2, 0) is 0 Å². The Morgan fingerprint density at radius 2 is 1.73 bits per heavy atom. The van der Waals surface area contributed by atoms with Crippen LogP contribution in [0.5, 0.6) is 11.5 Å². The second-order valence-corrected chi connectivity index (χ2v) is 5.36. The normalized spacial score (nSPS) is 10.0. The molecule has 3 rings (SSSR count). The van der Waals surface area contributed by atoms with Crippen LogP contribution in [-0.4, -0.2) is 29.9 Å². The van der Waals surface area contributed by atoms with Crippen molar-refractivity contribution in [2.75, 3.05) is 19.5 Å². The lowest BCUT2D eigenvalue weighted by atomic mass is 10.2. The molecule has 2 aromatic carbocycles. The van der Waals surface area contributed by atoms with Crippen LogP contribution in [0.15, 0.2) is 54.7 Å². The number of methoxy groups -OCH3 is 2. The first-order chi connectivity index (χ1) is 12.6. The van der Waals surface area contributed by atoms with E-state index in [1.165, 1.54) is 14.2 Å². The third-order valence-electron chi connectivity index (χ3n) is 3.71. The van der Waals surface area contributed by atoms with E-state index in [0.29, 0.717) is 28.4 Å². The minimum absolute atomic E-state index is 0.327. The van der Waals surface area contributed by atoms with Crippen molar-refractivity contribution in [2.45, 2.75) is 0 Å². The molecule has 0 aliphatic rings. The Morgan fingerprint density at radius 1 is 1.08 bits per heavy atom. The highest BCUT2D eigenvalue weighted by Gasteiger charge is 2.12. The number of carbonyl (C=O) groups is 1. The van der Waals surface area contributed by atoms with Crippen molar-refractivity contribution in [3.05, 3.63) is 65.9 Å². The summed E-state index contributed by atoms with van der Waals surface area (Å²) in [6.07, 6.45) is 1.73. The predicted molar refractivity (Wildman–Crippen MR) is 95.8 cm³/mol. The Hall–Kier alpha value is -3.79. The summed E-state index contributed by atoms with van der Waals surface area (Å²) in [5.41, 5.74) is 1.75. The summed E-state index contributed by atoms with van der Waals surface area (Å²) in [7, 11) is 3.05. The molecule has 7 nitrogen and oxygen atoms in total. The molecule has 0 atom stereocenters. The molecular formula is C19H16N4O3. The molecule has 130 valence electrons. The standard InChI is InChI=1S/C19H16N4O3/c1-25-16-9-14(10-17(11-16)26-2)19(24)21-18-7-8-23(22-18)15-5-3-13(12-20)4-6-15/h3-11H,1-2H3,(H,21,22,24). The van der Waals surface area contributed by atoms with Gasteiger partial charge in [-0.3, -0.25) is 4.79 Å². The topological polar surface area (TPSA) is 89.2 Å². The molecule has 0 bridgehead atoms. The number of amides is 1. The summed E-state index contributed by atoms with van der Waals surface area (Å²) in [5.74, 6) is 1.13. The number of rotatable bonds is 5. The van der Waals surface area contributed by atoms with Crippen LogP contribution in [0.3, 0.4) is 0 Å². The largest absolute Gasteiger partial charge is 0.497 e. The van der Waals surface area contributed by atoms with Crippen molar-refractivity contribution < 1.29 is 14.3 Å². The maximum Gasteiger partial charge on any atom is 0.257 e. The molecule has 0 aliphatic heterocycles. The van der Waals surface area contributed by atoms with E-state index >= 15 is 0 Å². The molecule has 0 aliphatic carbocycles. The van der Waals surface area contributed by atoms with Crippen LogP contribution >= 0.6 is 0 Å². The van der Waals surface area contributed by atoms with Crippen LogP contribution in [0.4, 0.5) is 5.82 Å². The van der Waals surface area contributed by atoms with Gasteiger partial charge in [0.15, 0.2) is 5.82 Å². The fourth-order valence-corrected chi connectivity index (χ4v) is 2.35. The number of hydrogen-bond acceptors (Lipinski definition) is 5. The van der Waals surface area contributed by atoms with Gasteiger partial charge in [0.25, 0.3) is 5.91 Å². The molecule has 7 heteroatoms. The van der Waals surface area contributed by atoms with Gasteiger partial charge in [-0.15, -0.1) is 0 Å². The Balaban J connectivity index is 1.78. The number of nitrogens with zero attached hydrogens (tertiary/aromatic N) is 3. The lowest BCUT2D eigenvalue weighted by Crippen LogP contribution is -2.13. The molecular weight excluding hydrogens is 332 g/mol. The van der Waals surface area contributed by atoms with Gasteiger partial charge in [-0.2, -0.15) is 10.4 Å². The van der Waals surface area contributed by atoms with Gasteiger partial charge in [0, 0.05) is 23.9 Å². The van der Waals surface area contributed by atoms with Gasteiger partial charge in [-0.1, -0.05) is 0 Å². The summed E-state index contributed by atoms with van der Waals surface area (Å²) < 4.78 is 12.0. The highest BCUT2D eigenvalue weighted by atomic mass is 16.5. The fraction of sp³-hybridized carbons (Fsp3) is 0.105. The van der Waals surface area contributed by atoms with Gasteiger partial charge in [0.2, 0.25) is 0 Å². The van der Waals surface area contributed by atoms with Gasteiger partial charge >= 0.3 is 0 Å². The van der Waals surface area contributed by atoms with Crippen LogP contribution < -0.4 is 14.8 Å². The molecule has 0 unspecified atom stereocenters. The zero-order valence-corrected chi connectivity index (χ0v) is 14.3. The maximum atomic E-state index is 12.5. The Morgan fingerprint density at radius 3 is 2.31 bits per heavy atom. The van der Waals surface area contributed by atoms with Crippen LogP contribution in [0.2, 0.25) is 0 Å². The fourth-order valence-electron chi connectivity index (χ4n) is 2.35. The Labute approximate surface area is 150 Å². The first-order valence-electron chi connectivity index (χ1n) is 7.73. The third-order valence-corrected chi connectivity index (χ3v) is 3.71. The molecule has 0 spiro atoms. The number of aromatic nitrogens is 2. The predicted octanol–water partition coefficient (Wildman–Crippen LogP) is 3.01. The zero-order chi connectivity index (χ0) is 18.5. The number of carbonyl (C=O) groups excluding carboxylic acids is 1. The highest BCUT2D eigenvalue weighted by Crippen LogP contribution is 2.23. The average molecular weight is 348 g/mol. The smallest absolute Gasteiger partial charge is 0.257 e. The number of anilines is 1. The average Bonchev–Trinajstić information content (AvgIpc) is 3.15. The minimum atomic E-state index is -0.327. The molecule has 0 saturated carbocycles. The van der Waals surface area contributed by atoms with Gasteiger partial charge in [0.05, 0.1) is 31.5 Å². The van der Waals surface area contributed by atoms with E-state index in [2.05, 4.69) is 16.5 Å². The van der Waals surface area contributed by atoms with Crippen molar-refractivity contribution >= 4 is 11.7 Å². The molecule has 3 aromatic rings. The summed E-state index contributed by atoms with van der Waals surface area (Å²) in [6, 6.07) is 15.7. The van der Waals surface area contributed by atoms with E-state index in [0.717, 1.165) is 5.69 Å². The quantitative estimate of drug-likeness (QED) is 0.765. The summed E-state index contributed by atoms with van der Waals surface area (Å²) in [4.78, 5) is 12.5. The molecule has 1 heterocycles. The van der Waals surface area contributed by atoms with E-state index in [1.807, 2.05) is 0 Å². The van der Waals surface area contributed by atoms with Crippen LogP contribution in [0, 0.1) is 11.3 Å². The second kappa shape index (κ2) is 7.40. The summed E-state index contributed by atoms with van der Waals surface area (Å²) in [5, 5.41) is 15.9. The van der Waals surface area contributed by atoms with Gasteiger partial charge in [0.1, 0.15) is 11.5 Å². The Bertz CT molecular complexity index is 949. The monoisotopic (exact) mass is 348 g/mol. The minimum Gasteiger partial charge on any atom is -0.497 e. The summed E-state index contributed by atoms with van der Waals surface area (Å²) in [6.45, 7) is 0. The van der Waals surface area contributed by atoms with Crippen molar-refractivity contribution in [1.29, 1.82) is 5.26 Å². The third kappa shape index (κ3) is 3.65. The molecule has 0 fully saturated rings. The van der Waals surface area contributed by atoms with Crippen molar-refractivity contribution in [3.63, 3.8) is 0 Å². The lowest BCUT2D eigenvalue weighted by Gasteiger charge is -2.08. The molecule has 0 radical (unpaired) electrons. The SMILES string of the molecule is COc1cc(OC)cc(C(=O)Nc2ccn(-c3ccc(C#N)cc3)n2)c1. The second-order valence-electron chi connectivity index (χ2n) is 5.36. The highest BCUT2D eigenvalue weighted by molar-refractivity contribution is 6.04.